The molecule has 6 aromatic rings. The predicted molar refractivity (Wildman–Crippen MR) is 209 cm³/mol. The van der Waals surface area contributed by atoms with Crippen LogP contribution in [0.25, 0.3) is 0 Å². The van der Waals surface area contributed by atoms with Gasteiger partial charge in [-0.05, 0) is 59.7 Å². The second-order valence-corrected chi connectivity index (χ2v) is 17.7. The average Bonchev–Trinajstić information content (AvgIpc) is 3.62. The quantitative estimate of drug-likeness (QED) is 0.149. The van der Waals surface area contributed by atoms with E-state index in [2.05, 4.69) is 182 Å². The topological polar surface area (TPSA) is 16.8 Å². The second-order valence-electron chi connectivity index (χ2n) is 17.7. The number of hydrogen-bond donors (Lipinski definition) is 0. The standard InChI is InChI=1S/C47H40N5/c1-44(2)26-15-8-9-19-32(26)50-35-22-13-23-36-37(35)47(43-48(7)33-20-10-11-21-34(33)51(36)43)38-40(50)30(44)25-31-41(38)52-39-27(16-12-17-28(39)46(31,5)6)45(3,4)29-18-14-24-49(47)42(29)52/h8-25,43H,1-7H3/q+1. The van der Waals surface area contributed by atoms with Gasteiger partial charge < -0.3 is 14.7 Å². The van der Waals surface area contributed by atoms with E-state index in [0.29, 0.717) is 0 Å². The fourth-order valence-electron chi connectivity index (χ4n) is 12.2. The third-order valence-electron chi connectivity index (χ3n) is 14.5. The number of aromatic nitrogens is 1. The summed E-state index contributed by atoms with van der Waals surface area (Å²) in [6.07, 6.45) is 2.41. The molecule has 0 saturated carbocycles. The maximum atomic E-state index is 2.74. The Kier molecular flexibility index (Phi) is 4.36. The van der Waals surface area contributed by atoms with Gasteiger partial charge in [0, 0.05) is 40.0 Å². The Morgan fingerprint density at radius 3 is 1.81 bits per heavy atom. The van der Waals surface area contributed by atoms with Gasteiger partial charge in [0.2, 0.25) is 5.54 Å². The molecule has 1 spiro atoms. The lowest BCUT2D eigenvalue weighted by Gasteiger charge is -2.56. The lowest BCUT2D eigenvalue weighted by atomic mass is 9.60. The molecule has 0 fully saturated rings. The van der Waals surface area contributed by atoms with Crippen molar-refractivity contribution in [3.05, 3.63) is 154 Å². The van der Waals surface area contributed by atoms with Gasteiger partial charge >= 0.3 is 0 Å². The van der Waals surface area contributed by atoms with Crippen molar-refractivity contribution in [2.24, 2.45) is 0 Å². The highest BCUT2D eigenvalue weighted by molar-refractivity contribution is 6.06. The lowest BCUT2D eigenvalue weighted by Crippen LogP contribution is -2.72. The van der Waals surface area contributed by atoms with Crippen LogP contribution >= 0.6 is 0 Å². The van der Waals surface area contributed by atoms with Crippen molar-refractivity contribution in [1.82, 2.24) is 0 Å². The molecule has 0 saturated heterocycles. The van der Waals surface area contributed by atoms with E-state index in [9.17, 15) is 0 Å². The summed E-state index contributed by atoms with van der Waals surface area (Å²) < 4.78 is 2.74. The van der Waals surface area contributed by atoms with Crippen LogP contribution in [-0.2, 0) is 21.8 Å². The number of fused-ring (bicyclic) bond motifs is 7. The van der Waals surface area contributed by atoms with Crippen LogP contribution in [0.15, 0.2) is 109 Å². The van der Waals surface area contributed by atoms with Crippen molar-refractivity contribution >= 4 is 51.3 Å². The highest BCUT2D eigenvalue weighted by Gasteiger charge is 2.73. The van der Waals surface area contributed by atoms with Gasteiger partial charge in [-0.3, -0.25) is 0 Å². The maximum Gasteiger partial charge on any atom is 0.292 e. The zero-order valence-electron chi connectivity index (χ0n) is 30.7. The van der Waals surface area contributed by atoms with Gasteiger partial charge in [-0.25, -0.2) is 4.57 Å². The summed E-state index contributed by atoms with van der Waals surface area (Å²) in [6, 6.07) is 39.8. The van der Waals surface area contributed by atoms with Crippen LogP contribution in [0.2, 0.25) is 0 Å². The predicted octanol–water partition coefficient (Wildman–Crippen LogP) is 10.2. The SMILES string of the molecule is CN1c2ccccc2N2c3cccc4c3C3(c5c6c(cc7c5N5c8c(cccc8C(C)(C)c8ccc[n+]3c85)C7(C)C)C(C)(C)c3ccccc3N46)C12. The van der Waals surface area contributed by atoms with Gasteiger partial charge in [-0.15, -0.1) is 0 Å². The second kappa shape index (κ2) is 8.08. The molecular weight excluding hydrogens is 635 g/mol. The van der Waals surface area contributed by atoms with Crippen LogP contribution in [0.1, 0.15) is 86.1 Å². The number of rotatable bonds is 0. The molecule has 13 rings (SSSR count). The van der Waals surface area contributed by atoms with E-state index >= 15 is 0 Å². The molecule has 0 bridgehead atoms. The monoisotopic (exact) mass is 674 g/mol. The van der Waals surface area contributed by atoms with E-state index in [-0.39, 0.29) is 22.4 Å². The van der Waals surface area contributed by atoms with Crippen molar-refractivity contribution in [1.29, 1.82) is 0 Å². The molecule has 0 aliphatic carbocycles. The summed E-state index contributed by atoms with van der Waals surface area (Å²) in [5.74, 6) is 1.31. The molecule has 0 N–H and O–H groups in total. The third kappa shape index (κ3) is 2.52. The molecule has 1 aromatic heterocycles. The number of para-hydroxylation sites is 4. The minimum atomic E-state index is -0.550. The number of pyridine rings is 1. The van der Waals surface area contributed by atoms with Crippen LogP contribution in [0.4, 0.5) is 51.3 Å². The Hall–Kier alpha value is -5.55. The van der Waals surface area contributed by atoms with Crippen LogP contribution < -0.4 is 24.2 Å². The summed E-state index contributed by atoms with van der Waals surface area (Å²) in [5.41, 5.74) is 20.7. The molecular formula is C47H40N5+. The van der Waals surface area contributed by atoms with E-state index in [0.717, 1.165) is 0 Å². The fourth-order valence-corrected chi connectivity index (χ4v) is 12.2. The Morgan fingerprint density at radius 1 is 0.481 bits per heavy atom. The molecule has 0 amide bonds. The number of nitrogens with zero attached hydrogens (tertiary/aromatic N) is 5. The summed E-state index contributed by atoms with van der Waals surface area (Å²) >= 11 is 0. The van der Waals surface area contributed by atoms with Crippen LogP contribution in [0.3, 0.4) is 0 Å². The van der Waals surface area contributed by atoms with Gasteiger partial charge in [0.1, 0.15) is 11.4 Å². The zero-order chi connectivity index (χ0) is 35.0. The third-order valence-corrected chi connectivity index (χ3v) is 14.5. The Balaban J connectivity index is 1.32. The number of benzene rings is 5. The van der Waals surface area contributed by atoms with Gasteiger partial charge in [0.05, 0.1) is 57.0 Å². The Labute approximate surface area is 305 Å². The Morgan fingerprint density at radius 2 is 1.04 bits per heavy atom. The molecule has 5 heteroatoms. The lowest BCUT2D eigenvalue weighted by molar-refractivity contribution is -0.735. The molecule has 5 aromatic carbocycles. The first-order valence-electron chi connectivity index (χ1n) is 18.9. The maximum absolute atomic E-state index is 2.74. The summed E-state index contributed by atoms with van der Waals surface area (Å²) in [7, 11) is 2.33. The van der Waals surface area contributed by atoms with Gasteiger partial charge in [-0.2, -0.15) is 4.90 Å². The fraction of sp³-hybridized carbons (Fsp3) is 0.255. The summed E-state index contributed by atoms with van der Waals surface area (Å²) in [5, 5.41) is 0. The van der Waals surface area contributed by atoms with Crippen molar-refractivity contribution in [3.8, 4) is 0 Å². The smallest absolute Gasteiger partial charge is 0.292 e. The van der Waals surface area contributed by atoms with E-state index in [1.54, 1.807) is 0 Å². The molecule has 0 radical (unpaired) electrons. The highest BCUT2D eigenvalue weighted by atomic mass is 15.5. The number of likely N-dealkylation sites (N-methyl/N-ethyl adjacent to an activating group) is 1. The molecule has 2 unspecified atom stereocenters. The first kappa shape index (κ1) is 28.1. The van der Waals surface area contributed by atoms with Gasteiger partial charge in [0.15, 0.2) is 6.17 Å². The van der Waals surface area contributed by atoms with Crippen LogP contribution in [-0.4, -0.2) is 13.2 Å². The summed E-state index contributed by atoms with van der Waals surface area (Å²) in [4.78, 5) is 10.6. The van der Waals surface area contributed by atoms with Crippen LogP contribution in [0, 0.1) is 0 Å². The van der Waals surface area contributed by atoms with Crippen molar-refractivity contribution < 1.29 is 4.57 Å². The molecule has 2 atom stereocenters. The number of anilines is 9. The minimum Gasteiger partial charge on any atom is -0.348 e. The van der Waals surface area contributed by atoms with Gasteiger partial charge in [0.25, 0.3) is 5.82 Å². The summed E-state index contributed by atoms with van der Waals surface area (Å²) in [6.45, 7) is 14.8. The average molecular weight is 675 g/mol. The normalized spacial score (nSPS) is 23.5. The van der Waals surface area contributed by atoms with Crippen molar-refractivity contribution in [2.75, 3.05) is 26.6 Å². The molecule has 52 heavy (non-hydrogen) atoms. The van der Waals surface area contributed by atoms with Gasteiger partial charge in [-0.1, -0.05) is 96.1 Å². The van der Waals surface area contributed by atoms with E-state index in [1.807, 2.05) is 0 Å². The molecule has 5 nitrogen and oxygen atoms in total. The zero-order valence-corrected chi connectivity index (χ0v) is 30.7. The first-order valence-corrected chi connectivity index (χ1v) is 18.9. The minimum absolute atomic E-state index is 0.0116. The van der Waals surface area contributed by atoms with E-state index < -0.39 is 5.54 Å². The molecule has 7 aliphatic heterocycles. The highest BCUT2D eigenvalue weighted by Crippen LogP contribution is 2.73. The first-order chi connectivity index (χ1) is 25.0. The van der Waals surface area contributed by atoms with E-state index in [1.165, 1.54) is 95.8 Å². The van der Waals surface area contributed by atoms with E-state index in [4.69, 9.17) is 0 Å². The number of hydrogen-bond acceptors (Lipinski definition) is 4. The van der Waals surface area contributed by atoms with Crippen molar-refractivity contribution in [2.45, 2.75) is 69.5 Å². The van der Waals surface area contributed by atoms with Crippen molar-refractivity contribution in [3.63, 3.8) is 0 Å². The molecule has 7 aliphatic rings. The Bertz CT molecular complexity index is 2740. The molecule has 8 heterocycles. The van der Waals surface area contributed by atoms with Crippen LogP contribution in [0.5, 0.6) is 0 Å². The largest absolute Gasteiger partial charge is 0.348 e. The molecule has 252 valence electrons.